The second-order valence-electron chi connectivity index (χ2n) is 12.9. The average molecular weight is 697 g/mol. The molecule has 4 N–H and O–H groups in total. The summed E-state index contributed by atoms with van der Waals surface area (Å²) in [6.45, 7) is 1.44. The van der Waals surface area contributed by atoms with Crippen LogP contribution in [0.2, 0.25) is 0 Å². The number of fused-ring (bicyclic) bond motifs is 4. The first kappa shape index (κ1) is 33.4. The molecular weight excluding hydrogens is 661 g/mol. The zero-order valence-corrected chi connectivity index (χ0v) is 28.8. The summed E-state index contributed by atoms with van der Waals surface area (Å²) in [6, 6.07) is 42.0. The minimum Gasteiger partial charge on any atom is -0.507 e. The fraction of sp³-hybridized carbons (Fsp3) is 0.0870. The lowest BCUT2D eigenvalue weighted by molar-refractivity contribution is 0.150. The molecule has 0 aromatic heterocycles. The molecule has 7 nitrogen and oxygen atoms in total. The fourth-order valence-corrected chi connectivity index (χ4v) is 7.13. The van der Waals surface area contributed by atoms with Gasteiger partial charge in [0, 0.05) is 45.8 Å². The first-order valence-electron chi connectivity index (χ1n) is 17.5. The highest BCUT2D eigenvalue weighted by molar-refractivity contribution is 6.13. The van der Waals surface area contributed by atoms with Crippen molar-refractivity contribution in [3.63, 3.8) is 0 Å². The third-order valence-electron chi connectivity index (χ3n) is 9.61. The Morgan fingerprint density at radius 3 is 1.19 bits per heavy atom. The van der Waals surface area contributed by atoms with E-state index in [4.69, 9.17) is 4.74 Å². The van der Waals surface area contributed by atoms with Gasteiger partial charge in [-0.25, -0.2) is 0 Å². The average Bonchev–Trinajstić information content (AvgIpc) is 3.18. The molecule has 0 fully saturated rings. The molecule has 0 amide bonds. The van der Waals surface area contributed by atoms with Crippen molar-refractivity contribution < 1.29 is 25.2 Å². The SMILES string of the molecule is Oc1ccc2ccccc2c1-c1c(O)c(C=NCCOCCN=Cc2cc3ccccc3c(-c3c(O)ccc4ccccc34)c2O)cc2ccccc12. The van der Waals surface area contributed by atoms with Crippen LogP contribution in [0.15, 0.2) is 143 Å². The Morgan fingerprint density at radius 2 is 0.774 bits per heavy atom. The summed E-state index contributed by atoms with van der Waals surface area (Å²) in [4.78, 5) is 9.07. The number of nitrogens with zero attached hydrogens (tertiary/aromatic N) is 2. The molecule has 0 spiro atoms. The highest BCUT2D eigenvalue weighted by Gasteiger charge is 2.20. The van der Waals surface area contributed by atoms with Crippen molar-refractivity contribution in [2.45, 2.75) is 0 Å². The predicted molar refractivity (Wildman–Crippen MR) is 216 cm³/mol. The molecule has 260 valence electrons. The van der Waals surface area contributed by atoms with Gasteiger partial charge in [0.15, 0.2) is 0 Å². The van der Waals surface area contributed by atoms with Gasteiger partial charge in [0.25, 0.3) is 0 Å². The number of aliphatic imine (C=N–C) groups is 2. The summed E-state index contributed by atoms with van der Waals surface area (Å²) in [5.41, 5.74) is 3.37. The molecule has 0 aliphatic carbocycles. The maximum Gasteiger partial charge on any atom is 0.132 e. The topological polar surface area (TPSA) is 115 Å². The molecular formula is C46H36N2O5. The van der Waals surface area contributed by atoms with Crippen molar-refractivity contribution in [1.29, 1.82) is 0 Å². The first-order chi connectivity index (χ1) is 26.0. The van der Waals surface area contributed by atoms with Gasteiger partial charge in [-0.15, -0.1) is 0 Å². The van der Waals surface area contributed by atoms with Crippen LogP contribution in [0.1, 0.15) is 11.1 Å². The van der Waals surface area contributed by atoms with Gasteiger partial charge in [-0.3, -0.25) is 9.98 Å². The van der Waals surface area contributed by atoms with E-state index in [-0.39, 0.29) is 23.0 Å². The van der Waals surface area contributed by atoms with Crippen LogP contribution in [0, 0.1) is 0 Å². The number of hydrogen-bond acceptors (Lipinski definition) is 7. The Hall–Kier alpha value is -6.70. The van der Waals surface area contributed by atoms with Gasteiger partial charge >= 0.3 is 0 Å². The lowest BCUT2D eigenvalue weighted by atomic mass is 9.90. The monoisotopic (exact) mass is 696 g/mol. The molecule has 0 aliphatic rings. The number of rotatable bonds is 10. The lowest BCUT2D eigenvalue weighted by Crippen LogP contribution is -2.03. The van der Waals surface area contributed by atoms with E-state index in [0.717, 1.165) is 43.1 Å². The summed E-state index contributed by atoms with van der Waals surface area (Å²) in [5, 5.41) is 52.2. The molecule has 8 aromatic carbocycles. The van der Waals surface area contributed by atoms with Crippen molar-refractivity contribution >= 4 is 55.5 Å². The highest BCUT2D eigenvalue weighted by Crippen LogP contribution is 2.47. The molecule has 0 atom stereocenters. The minimum absolute atomic E-state index is 0.0464. The molecule has 8 aromatic rings. The molecule has 0 heterocycles. The van der Waals surface area contributed by atoms with E-state index in [0.29, 0.717) is 59.7 Å². The third-order valence-corrected chi connectivity index (χ3v) is 9.61. The van der Waals surface area contributed by atoms with E-state index < -0.39 is 0 Å². The number of aromatic hydroxyl groups is 4. The predicted octanol–water partition coefficient (Wildman–Crippen LogP) is 10.0. The summed E-state index contributed by atoms with van der Waals surface area (Å²) in [5.74, 6) is 0.277. The van der Waals surface area contributed by atoms with Crippen LogP contribution >= 0.6 is 0 Å². The first-order valence-corrected chi connectivity index (χ1v) is 17.5. The van der Waals surface area contributed by atoms with Gasteiger partial charge in [0.2, 0.25) is 0 Å². The lowest BCUT2D eigenvalue weighted by Gasteiger charge is -2.16. The number of phenolic OH excluding ortho intramolecular Hbond substituents is 4. The van der Waals surface area contributed by atoms with Crippen molar-refractivity contribution in [2.24, 2.45) is 9.98 Å². The molecule has 0 radical (unpaired) electrons. The Labute approximate surface area is 306 Å². The Bertz CT molecular complexity index is 2530. The third kappa shape index (κ3) is 6.39. The van der Waals surface area contributed by atoms with Gasteiger partial charge in [-0.2, -0.15) is 0 Å². The van der Waals surface area contributed by atoms with Gasteiger partial charge < -0.3 is 25.2 Å². The smallest absolute Gasteiger partial charge is 0.132 e. The Morgan fingerprint density at radius 1 is 0.415 bits per heavy atom. The van der Waals surface area contributed by atoms with E-state index in [1.54, 1.807) is 24.6 Å². The summed E-state index contributed by atoms with van der Waals surface area (Å²) in [6.07, 6.45) is 3.28. The van der Waals surface area contributed by atoms with Crippen LogP contribution in [-0.2, 0) is 4.74 Å². The number of hydrogen-bond donors (Lipinski definition) is 4. The summed E-state index contributed by atoms with van der Waals surface area (Å²) >= 11 is 0. The van der Waals surface area contributed by atoms with Gasteiger partial charge in [0.05, 0.1) is 26.3 Å². The standard InChI is InChI=1S/C46H36N2O5/c49-39-19-17-29-9-1-5-13-35(29)41(39)43-37-15-7-3-11-31(37)25-33(45(43)51)27-47-21-23-53-24-22-48-28-34-26-32-12-4-8-16-38(32)44(46(34)52)42-36-14-6-2-10-30(36)18-20-40(42)50/h1-20,25-28,49-52H,21-24H2. The Balaban J connectivity index is 0.964. The number of benzene rings is 8. The molecule has 8 rings (SSSR count). The molecule has 53 heavy (non-hydrogen) atoms. The molecule has 7 heteroatoms. The zero-order chi connectivity index (χ0) is 36.3. The van der Waals surface area contributed by atoms with Crippen LogP contribution in [0.25, 0.3) is 65.3 Å². The molecule has 0 saturated heterocycles. The van der Waals surface area contributed by atoms with Gasteiger partial charge in [-0.05, 0) is 67.4 Å². The van der Waals surface area contributed by atoms with Crippen molar-refractivity contribution in [1.82, 2.24) is 0 Å². The molecule has 0 aliphatic heterocycles. The maximum absolute atomic E-state index is 11.6. The van der Waals surface area contributed by atoms with Crippen LogP contribution in [0.3, 0.4) is 0 Å². The fourth-order valence-electron chi connectivity index (χ4n) is 7.13. The second kappa shape index (κ2) is 14.5. The van der Waals surface area contributed by atoms with E-state index in [2.05, 4.69) is 9.98 Å². The molecule has 0 saturated carbocycles. The van der Waals surface area contributed by atoms with Gasteiger partial charge in [-0.1, -0.05) is 109 Å². The Kier molecular flexibility index (Phi) is 9.15. The van der Waals surface area contributed by atoms with Gasteiger partial charge in [0.1, 0.15) is 23.0 Å². The molecule has 0 unspecified atom stereocenters. The maximum atomic E-state index is 11.6. The minimum atomic E-state index is 0.0464. The van der Waals surface area contributed by atoms with Crippen molar-refractivity contribution in [3.8, 4) is 45.3 Å². The number of phenols is 4. The van der Waals surface area contributed by atoms with Crippen LogP contribution in [0.4, 0.5) is 0 Å². The number of ether oxygens (including phenoxy) is 1. The van der Waals surface area contributed by atoms with E-state index >= 15 is 0 Å². The zero-order valence-electron chi connectivity index (χ0n) is 28.8. The van der Waals surface area contributed by atoms with E-state index in [1.807, 2.05) is 121 Å². The van der Waals surface area contributed by atoms with Crippen LogP contribution in [0.5, 0.6) is 23.0 Å². The van der Waals surface area contributed by atoms with Crippen LogP contribution < -0.4 is 0 Å². The normalized spacial score (nSPS) is 11.9. The quantitative estimate of drug-likeness (QED) is 0.0840. The summed E-state index contributed by atoms with van der Waals surface area (Å²) in [7, 11) is 0. The second-order valence-corrected chi connectivity index (χ2v) is 12.9. The summed E-state index contributed by atoms with van der Waals surface area (Å²) < 4.78 is 5.81. The molecule has 0 bridgehead atoms. The largest absolute Gasteiger partial charge is 0.507 e. The highest BCUT2D eigenvalue weighted by atomic mass is 16.5. The van der Waals surface area contributed by atoms with Crippen LogP contribution in [-0.4, -0.2) is 59.2 Å². The van der Waals surface area contributed by atoms with Crippen molar-refractivity contribution in [2.75, 3.05) is 26.3 Å². The van der Waals surface area contributed by atoms with E-state index in [1.165, 1.54) is 0 Å². The van der Waals surface area contributed by atoms with E-state index in [9.17, 15) is 20.4 Å². The van der Waals surface area contributed by atoms with Crippen molar-refractivity contribution in [3.05, 3.63) is 145 Å².